The smallest absolute Gasteiger partial charge is 0.335 e. The Hall–Kier alpha value is -3.79. The molecule has 31 heavy (non-hydrogen) atoms. The number of rotatable bonds is 7. The SMILES string of the molecule is Cc1cc(=O)n(-c2cc(Oc3cccnc3OCC(=O)C=O)c(Cl)cc2F)c(=O)n1C. The molecule has 0 amide bonds. The summed E-state index contributed by atoms with van der Waals surface area (Å²) in [5.74, 6) is -1.95. The number of aromatic nitrogens is 3. The summed E-state index contributed by atoms with van der Waals surface area (Å²) in [5, 5.41) is -0.156. The molecule has 0 aliphatic rings. The molecule has 160 valence electrons. The van der Waals surface area contributed by atoms with Crippen LogP contribution in [-0.2, 0) is 16.6 Å². The summed E-state index contributed by atoms with van der Waals surface area (Å²) < 4.78 is 27.3. The first-order chi connectivity index (χ1) is 14.7. The van der Waals surface area contributed by atoms with Gasteiger partial charge in [-0.15, -0.1) is 0 Å². The van der Waals surface area contributed by atoms with E-state index in [2.05, 4.69) is 4.98 Å². The van der Waals surface area contributed by atoms with Crippen molar-refractivity contribution in [2.45, 2.75) is 6.92 Å². The normalized spacial score (nSPS) is 10.6. The van der Waals surface area contributed by atoms with Crippen LogP contribution in [0.1, 0.15) is 5.69 Å². The lowest BCUT2D eigenvalue weighted by atomic mass is 10.2. The van der Waals surface area contributed by atoms with Gasteiger partial charge in [-0.2, -0.15) is 0 Å². The first-order valence-electron chi connectivity index (χ1n) is 8.75. The molecule has 2 heterocycles. The minimum Gasteiger partial charge on any atom is -0.467 e. The van der Waals surface area contributed by atoms with E-state index in [0.717, 1.165) is 12.1 Å². The van der Waals surface area contributed by atoms with Crippen LogP contribution in [0.15, 0.2) is 46.1 Å². The van der Waals surface area contributed by atoms with Gasteiger partial charge in [-0.1, -0.05) is 11.6 Å². The van der Waals surface area contributed by atoms with Crippen molar-refractivity contribution in [2.24, 2.45) is 7.05 Å². The summed E-state index contributed by atoms with van der Waals surface area (Å²) >= 11 is 6.08. The van der Waals surface area contributed by atoms with Gasteiger partial charge in [0.15, 0.2) is 18.6 Å². The van der Waals surface area contributed by atoms with Gasteiger partial charge in [-0.05, 0) is 25.1 Å². The molecule has 0 saturated carbocycles. The number of carbonyl (C=O) groups is 2. The van der Waals surface area contributed by atoms with E-state index in [9.17, 15) is 23.6 Å². The van der Waals surface area contributed by atoms with Gasteiger partial charge >= 0.3 is 5.69 Å². The third kappa shape index (κ3) is 4.53. The topological polar surface area (TPSA) is 109 Å². The number of carbonyl (C=O) groups excluding carboxylic acids is 2. The Morgan fingerprint density at radius 3 is 2.71 bits per heavy atom. The fourth-order valence-corrected chi connectivity index (χ4v) is 2.77. The Kier molecular flexibility index (Phi) is 6.30. The van der Waals surface area contributed by atoms with E-state index < -0.39 is 29.5 Å². The number of pyridine rings is 1. The molecule has 0 aliphatic carbocycles. The van der Waals surface area contributed by atoms with E-state index in [-0.39, 0.29) is 34.4 Å². The Morgan fingerprint density at radius 2 is 2.00 bits per heavy atom. The molecule has 2 aromatic heterocycles. The highest BCUT2D eigenvalue weighted by molar-refractivity contribution is 6.32. The molecule has 3 aromatic rings. The molecule has 0 fully saturated rings. The quantitative estimate of drug-likeness (QED) is 0.402. The molecule has 3 rings (SSSR count). The molecule has 0 bridgehead atoms. The summed E-state index contributed by atoms with van der Waals surface area (Å²) in [7, 11) is 1.44. The van der Waals surface area contributed by atoms with Crippen molar-refractivity contribution >= 4 is 23.7 Å². The lowest BCUT2D eigenvalue weighted by Gasteiger charge is -2.14. The summed E-state index contributed by atoms with van der Waals surface area (Å²) in [6.07, 6.45) is 1.47. The van der Waals surface area contributed by atoms with E-state index in [1.165, 1.54) is 36.0 Å². The van der Waals surface area contributed by atoms with Gasteiger partial charge in [0.25, 0.3) is 11.4 Å². The van der Waals surface area contributed by atoms with Crippen molar-refractivity contribution in [1.82, 2.24) is 14.1 Å². The predicted molar refractivity (Wildman–Crippen MR) is 108 cm³/mol. The molecule has 9 nitrogen and oxygen atoms in total. The van der Waals surface area contributed by atoms with Gasteiger partial charge in [0, 0.05) is 31.1 Å². The molecular weight excluding hydrogens is 433 g/mol. The Labute approximate surface area is 179 Å². The van der Waals surface area contributed by atoms with E-state index in [4.69, 9.17) is 21.1 Å². The highest BCUT2D eigenvalue weighted by Crippen LogP contribution is 2.35. The van der Waals surface area contributed by atoms with Crippen LogP contribution in [0.25, 0.3) is 5.69 Å². The highest BCUT2D eigenvalue weighted by atomic mass is 35.5. The largest absolute Gasteiger partial charge is 0.467 e. The van der Waals surface area contributed by atoms with Crippen molar-refractivity contribution < 1.29 is 23.5 Å². The zero-order valence-electron chi connectivity index (χ0n) is 16.3. The Bertz CT molecular complexity index is 1300. The number of aryl methyl sites for hydroxylation is 1. The summed E-state index contributed by atoms with van der Waals surface area (Å²) in [6.45, 7) is 1.01. The van der Waals surface area contributed by atoms with Crippen LogP contribution in [-0.4, -0.2) is 32.8 Å². The third-order valence-corrected chi connectivity index (χ3v) is 4.54. The summed E-state index contributed by atoms with van der Waals surface area (Å²) in [6, 6.07) is 6.10. The maximum atomic E-state index is 14.6. The fourth-order valence-electron chi connectivity index (χ4n) is 2.58. The number of ether oxygens (including phenoxy) is 2. The first-order valence-corrected chi connectivity index (χ1v) is 9.13. The van der Waals surface area contributed by atoms with Gasteiger partial charge < -0.3 is 14.0 Å². The van der Waals surface area contributed by atoms with Crippen LogP contribution in [0.2, 0.25) is 5.02 Å². The Balaban J connectivity index is 2.06. The van der Waals surface area contributed by atoms with E-state index in [0.29, 0.717) is 10.3 Å². The second-order valence-corrected chi connectivity index (χ2v) is 6.72. The third-order valence-electron chi connectivity index (χ3n) is 4.24. The molecular formula is C20H15ClFN3O6. The standard InChI is InChI=1S/C20H15ClFN3O6/c1-11-6-18(28)25(20(29)24(11)2)15-8-17(13(21)7-14(15)22)31-16-4-3-5-23-19(16)30-10-12(27)9-26/h3-9H,10H2,1-2H3. The van der Waals surface area contributed by atoms with Crippen molar-refractivity contribution in [3.8, 4) is 23.1 Å². The van der Waals surface area contributed by atoms with Gasteiger partial charge in [0.2, 0.25) is 5.78 Å². The number of aldehydes is 1. The number of benzene rings is 1. The van der Waals surface area contributed by atoms with Crippen molar-refractivity contribution in [3.05, 3.63) is 73.9 Å². The molecule has 11 heteroatoms. The molecule has 0 aliphatic heterocycles. The number of hydrogen-bond acceptors (Lipinski definition) is 7. The fraction of sp³-hybridized carbons (Fsp3) is 0.150. The molecule has 0 N–H and O–H groups in total. The van der Waals surface area contributed by atoms with Crippen molar-refractivity contribution in [3.63, 3.8) is 0 Å². The first kappa shape index (κ1) is 21.9. The van der Waals surface area contributed by atoms with Crippen LogP contribution >= 0.6 is 11.6 Å². The second kappa shape index (κ2) is 8.92. The van der Waals surface area contributed by atoms with Gasteiger partial charge in [-0.3, -0.25) is 14.4 Å². The number of halogens is 2. The van der Waals surface area contributed by atoms with E-state index in [1.807, 2.05) is 0 Å². The van der Waals surface area contributed by atoms with Crippen LogP contribution in [0.5, 0.6) is 17.4 Å². The van der Waals surface area contributed by atoms with Gasteiger partial charge in [0.05, 0.1) is 10.7 Å². The van der Waals surface area contributed by atoms with Gasteiger partial charge in [-0.25, -0.2) is 18.7 Å². The average molecular weight is 448 g/mol. The van der Waals surface area contributed by atoms with Crippen LogP contribution in [0, 0.1) is 12.7 Å². The number of Topliss-reactive ketones (excluding diaryl/α,β-unsaturated/α-hetero) is 1. The van der Waals surface area contributed by atoms with E-state index >= 15 is 0 Å². The zero-order chi connectivity index (χ0) is 22.7. The summed E-state index contributed by atoms with van der Waals surface area (Å²) in [5.41, 5.74) is -1.45. The maximum Gasteiger partial charge on any atom is 0.335 e. The van der Waals surface area contributed by atoms with Crippen LogP contribution in [0.3, 0.4) is 0 Å². The highest BCUT2D eigenvalue weighted by Gasteiger charge is 2.18. The van der Waals surface area contributed by atoms with Gasteiger partial charge in [0.1, 0.15) is 11.6 Å². The molecule has 1 aromatic carbocycles. The lowest BCUT2D eigenvalue weighted by molar-refractivity contribution is -0.131. The minimum atomic E-state index is -0.917. The number of ketones is 1. The molecule has 0 saturated heterocycles. The number of nitrogens with zero attached hydrogens (tertiary/aromatic N) is 3. The van der Waals surface area contributed by atoms with Crippen LogP contribution < -0.4 is 20.7 Å². The number of hydrogen-bond donors (Lipinski definition) is 0. The Morgan fingerprint density at radius 1 is 1.26 bits per heavy atom. The van der Waals surface area contributed by atoms with Crippen molar-refractivity contribution in [2.75, 3.05) is 6.61 Å². The molecule has 0 unspecified atom stereocenters. The zero-order valence-corrected chi connectivity index (χ0v) is 17.1. The molecule has 0 radical (unpaired) electrons. The maximum absolute atomic E-state index is 14.6. The second-order valence-electron chi connectivity index (χ2n) is 6.32. The molecule has 0 spiro atoms. The van der Waals surface area contributed by atoms with E-state index in [1.54, 1.807) is 6.92 Å². The van der Waals surface area contributed by atoms with Crippen molar-refractivity contribution in [1.29, 1.82) is 0 Å². The van der Waals surface area contributed by atoms with Crippen LogP contribution in [0.4, 0.5) is 4.39 Å². The summed E-state index contributed by atoms with van der Waals surface area (Å²) in [4.78, 5) is 50.5. The monoisotopic (exact) mass is 447 g/mol. The minimum absolute atomic E-state index is 0.00446. The lowest BCUT2D eigenvalue weighted by Crippen LogP contribution is -2.38. The molecule has 0 atom stereocenters. The average Bonchev–Trinajstić information content (AvgIpc) is 2.74. The predicted octanol–water partition coefficient (Wildman–Crippen LogP) is 1.97.